The molecule has 53 heavy (non-hydrogen) atoms. The zero-order valence-corrected chi connectivity index (χ0v) is 30.5. The highest BCUT2D eigenvalue weighted by Gasteiger charge is 2.41. The Kier molecular flexibility index (Phi) is 6.37. The van der Waals surface area contributed by atoms with Gasteiger partial charge in [-0.25, -0.2) is 9.97 Å². The molecule has 1 aliphatic rings. The van der Waals surface area contributed by atoms with Gasteiger partial charge in [-0.3, -0.25) is 0 Å². The summed E-state index contributed by atoms with van der Waals surface area (Å²) in [6.07, 6.45) is 0. The van der Waals surface area contributed by atoms with Crippen molar-refractivity contribution in [1.82, 2.24) is 19.1 Å². The molecule has 0 radical (unpaired) electrons. The highest BCUT2D eigenvalue weighted by atomic mass is 28.3. The molecule has 7 aromatic carbocycles. The van der Waals surface area contributed by atoms with Gasteiger partial charge < -0.3 is 9.13 Å². The Morgan fingerprint density at radius 2 is 0.830 bits per heavy atom. The summed E-state index contributed by atoms with van der Waals surface area (Å²) in [5.41, 5.74) is 12.6. The number of benzene rings is 7. The molecule has 0 unspecified atom stereocenters. The summed E-state index contributed by atoms with van der Waals surface area (Å²) in [7, 11) is -2.10. The van der Waals surface area contributed by atoms with Crippen LogP contribution in [0.1, 0.15) is 0 Å². The topological polar surface area (TPSA) is 35.6 Å². The number of hydrogen-bond donors (Lipinski definition) is 0. The lowest BCUT2D eigenvalue weighted by Gasteiger charge is -2.19. The van der Waals surface area contributed by atoms with Crippen LogP contribution in [0.2, 0.25) is 13.1 Å². The van der Waals surface area contributed by atoms with Crippen molar-refractivity contribution in [1.29, 1.82) is 0 Å². The van der Waals surface area contributed by atoms with Gasteiger partial charge in [0.05, 0.1) is 27.8 Å². The molecule has 11 rings (SSSR count). The molecular weight excluding hydrogens is 661 g/mol. The zero-order chi connectivity index (χ0) is 35.3. The van der Waals surface area contributed by atoms with Gasteiger partial charge in [-0.2, -0.15) is 0 Å². The fraction of sp³-hybridized carbons (Fsp3) is 0.0417. The quantitative estimate of drug-likeness (QED) is 0.172. The Labute approximate surface area is 308 Å². The third kappa shape index (κ3) is 4.35. The Balaban J connectivity index is 1.07. The number of rotatable bonds is 4. The first-order chi connectivity index (χ1) is 26.1. The lowest BCUT2D eigenvalue weighted by molar-refractivity contribution is 1.17. The smallest absolute Gasteiger partial charge is 0.159 e. The fourth-order valence-electron chi connectivity index (χ4n) is 8.81. The first-order valence-electron chi connectivity index (χ1n) is 18.3. The molecule has 5 heteroatoms. The van der Waals surface area contributed by atoms with Gasteiger partial charge in [0.15, 0.2) is 5.82 Å². The second-order valence-electron chi connectivity index (χ2n) is 14.6. The van der Waals surface area contributed by atoms with Crippen molar-refractivity contribution >= 4 is 62.2 Å². The summed E-state index contributed by atoms with van der Waals surface area (Å²) in [5.74, 6) is 0.771. The van der Waals surface area contributed by atoms with Crippen molar-refractivity contribution < 1.29 is 0 Å². The minimum absolute atomic E-state index is 0.771. The predicted molar refractivity (Wildman–Crippen MR) is 224 cm³/mol. The Bertz CT molecular complexity index is 2970. The first-order valence-corrected chi connectivity index (χ1v) is 21.3. The normalized spacial score (nSPS) is 13.2. The summed E-state index contributed by atoms with van der Waals surface area (Å²) in [5, 5.41) is 7.67. The van der Waals surface area contributed by atoms with E-state index in [-0.39, 0.29) is 0 Å². The zero-order valence-electron chi connectivity index (χ0n) is 29.5. The van der Waals surface area contributed by atoms with Crippen molar-refractivity contribution in [3.63, 3.8) is 0 Å². The predicted octanol–water partition coefficient (Wildman–Crippen LogP) is 10.8. The minimum atomic E-state index is -2.10. The lowest BCUT2D eigenvalue weighted by atomic mass is 10.00. The molecule has 3 aromatic heterocycles. The molecule has 0 bridgehead atoms. The molecule has 0 saturated carbocycles. The number of nitrogens with zero attached hydrogens (tertiary/aromatic N) is 4. The maximum atomic E-state index is 5.44. The highest BCUT2D eigenvalue weighted by molar-refractivity contribution is 7.03. The van der Waals surface area contributed by atoms with E-state index in [1.54, 1.807) is 0 Å². The maximum Gasteiger partial charge on any atom is 0.159 e. The van der Waals surface area contributed by atoms with Crippen LogP contribution in [0.25, 0.3) is 88.8 Å². The summed E-state index contributed by atoms with van der Waals surface area (Å²) >= 11 is 0. The number of para-hydroxylation sites is 4. The second kappa shape index (κ2) is 11.2. The van der Waals surface area contributed by atoms with E-state index < -0.39 is 8.07 Å². The molecule has 0 spiro atoms. The molecule has 0 saturated heterocycles. The van der Waals surface area contributed by atoms with E-state index in [0.29, 0.717) is 0 Å². The molecule has 4 heterocycles. The van der Waals surface area contributed by atoms with Crippen LogP contribution in [0.15, 0.2) is 170 Å². The summed E-state index contributed by atoms with van der Waals surface area (Å²) in [4.78, 5) is 10.9. The van der Waals surface area contributed by atoms with E-state index in [9.17, 15) is 0 Å². The van der Waals surface area contributed by atoms with Gasteiger partial charge in [-0.05, 0) is 71.4 Å². The monoisotopic (exact) mass is 694 g/mol. The summed E-state index contributed by atoms with van der Waals surface area (Å²) in [6.45, 7) is 4.85. The molecule has 0 N–H and O–H groups in total. The molecule has 4 nitrogen and oxygen atoms in total. The molecule has 1 aliphatic heterocycles. The largest absolute Gasteiger partial charge is 0.309 e. The second-order valence-corrected chi connectivity index (χ2v) is 18.9. The highest BCUT2D eigenvalue weighted by Crippen LogP contribution is 2.38. The Morgan fingerprint density at radius 3 is 1.32 bits per heavy atom. The van der Waals surface area contributed by atoms with Crippen LogP contribution in [0, 0.1) is 0 Å². The van der Waals surface area contributed by atoms with E-state index in [2.05, 4.69) is 192 Å². The Hall–Kier alpha value is -6.56. The van der Waals surface area contributed by atoms with Crippen LogP contribution in [-0.4, -0.2) is 27.2 Å². The van der Waals surface area contributed by atoms with Crippen molar-refractivity contribution in [2.24, 2.45) is 0 Å². The molecular formula is C48H34N4Si. The van der Waals surface area contributed by atoms with Gasteiger partial charge in [-0.15, -0.1) is 0 Å². The van der Waals surface area contributed by atoms with Crippen LogP contribution >= 0.6 is 0 Å². The summed E-state index contributed by atoms with van der Waals surface area (Å²) in [6, 6.07) is 61.3. The number of fused-ring (bicyclic) bond motifs is 9. The van der Waals surface area contributed by atoms with E-state index in [4.69, 9.17) is 9.97 Å². The van der Waals surface area contributed by atoms with E-state index >= 15 is 0 Å². The molecule has 0 atom stereocenters. The van der Waals surface area contributed by atoms with Crippen LogP contribution in [-0.2, 0) is 0 Å². The van der Waals surface area contributed by atoms with E-state index in [0.717, 1.165) is 34.0 Å². The van der Waals surface area contributed by atoms with E-state index in [1.165, 1.54) is 65.2 Å². The van der Waals surface area contributed by atoms with Gasteiger partial charge in [-0.1, -0.05) is 122 Å². The van der Waals surface area contributed by atoms with Crippen molar-refractivity contribution in [2.45, 2.75) is 13.1 Å². The molecule has 10 aromatic rings. The first kappa shape index (κ1) is 30.1. The SMILES string of the molecule is C[Si]1(C)c2ccccc2-c2c(-c3ccc(-n4c5ccccc5c5ccccc54)cc3)nc(-c3ccc(-n4c5ccccc5c5ccccc54)cc3)nc21. The van der Waals surface area contributed by atoms with Crippen LogP contribution in [0.4, 0.5) is 0 Å². The number of hydrogen-bond acceptors (Lipinski definition) is 2. The van der Waals surface area contributed by atoms with Gasteiger partial charge in [0, 0.05) is 54.9 Å². The third-order valence-electron chi connectivity index (χ3n) is 11.3. The standard InChI is InChI=1S/C48H34N4Si/c1-53(2)44-22-12-7-17-39(44)45-46(31-23-27-33(28-24-31)51-40-18-8-3-13-35(40)36-14-4-9-19-41(36)51)49-47(50-48(45)53)32-25-29-34(30-26-32)52-42-20-10-5-15-37(42)38-16-6-11-21-43(38)52/h3-30H,1-2H3. The molecule has 0 fully saturated rings. The lowest BCUT2D eigenvalue weighted by Crippen LogP contribution is -2.50. The molecule has 0 amide bonds. The van der Waals surface area contributed by atoms with Gasteiger partial charge in [0.1, 0.15) is 8.07 Å². The maximum absolute atomic E-state index is 5.44. The van der Waals surface area contributed by atoms with Gasteiger partial charge in [0.25, 0.3) is 0 Å². The van der Waals surface area contributed by atoms with Crippen LogP contribution < -0.4 is 10.5 Å². The van der Waals surface area contributed by atoms with Crippen LogP contribution in [0.3, 0.4) is 0 Å². The summed E-state index contributed by atoms with van der Waals surface area (Å²) < 4.78 is 4.73. The fourth-order valence-corrected chi connectivity index (χ4v) is 11.7. The van der Waals surface area contributed by atoms with Crippen molar-refractivity contribution in [3.8, 4) is 45.1 Å². The third-order valence-corrected chi connectivity index (χ3v) is 14.6. The average Bonchev–Trinajstić information content (AvgIpc) is 3.81. The van der Waals surface area contributed by atoms with E-state index in [1.807, 2.05) is 0 Å². The molecule has 0 aliphatic carbocycles. The van der Waals surface area contributed by atoms with Crippen molar-refractivity contribution in [2.75, 3.05) is 0 Å². The molecule has 250 valence electrons. The van der Waals surface area contributed by atoms with Crippen LogP contribution in [0.5, 0.6) is 0 Å². The van der Waals surface area contributed by atoms with Gasteiger partial charge >= 0.3 is 0 Å². The van der Waals surface area contributed by atoms with Crippen molar-refractivity contribution in [3.05, 3.63) is 170 Å². The average molecular weight is 695 g/mol. The number of aromatic nitrogens is 4. The minimum Gasteiger partial charge on any atom is -0.309 e. The Morgan fingerprint density at radius 1 is 0.415 bits per heavy atom. The van der Waals surface area contributed by atoms with Gasteiger partial charge in [0.2, 0.25) is 0 Å².